The van der Waals surface area contributed by atoms with Crippen molar-refractivity contribution in [1.29, 1.82) is 0 Å². The highest BCUT2D eigenvalue weighted by Gasteiger charge is 2.23. The average Bonchev–Trinajstić information content (AvgIpc) is 2.72. The largest absolute Gasteiger partial charge is 0.489 e. The number of hydrogen-bond acceptors (Lipinski definition) is 6. The first-order valence-electron chi connectivity index (χ1n) is 9.87. The van der Waals surface area contributed by atoms with Gasteiger partial charge in [0.2, 0.25) is 0 Å². The Balaban J connectivity index is 1.92. The van der Waals surface area contributed by atoms with Crippen molar-refractivity contribution in [3.8, 4) is 5.75 Å². The summed E-state index contributed by atoms with van der Waals surface area (Å²) >= 11 is 0. The van der Waals surface area contributed by atoms with Gasteiger partial charge in [-0.2, -0.15) is 0 Å². The number of anilines is 2. The van der Waals surface area contributed by atoms with Gasteiger partial charge in [-0.1, -0.05) is 25.5 Å². The average molecular weight is 406 g/mol. The number of nitrogens with two attached hydrogens (primary N) is 1. The zero-order chi connectivity index (χ0) is 20.8. The van der Waals surface area contributed by atoms with E-state index in [1.807, 2.05) is 11.8 Å². The third-order valence-corrected chi connectivity index (χ3v) is 4.91. The maximum Gasteiger partial charge on any atom is 0.332 e. The summed E-state index contributed by atoms with van der Waals surface area (Å²) in [7, 11) is 0. The van der Waals surface area contributed by atoms with Gasteiger partial charge in [0.1, 0.15) is 18.1 Å². The molecule has 1 fully saturated rings. The monoisotopic (exact) mass is 406 g/mol. The predicted molar refractivity (Wildman–Crippen MR) is 109 cm³/mol. The lowest BCUT2D eigenvalue weighted by atomic mass is 10.3. The minimum absolute atomic E-state index is 0.00422. The van der Waals surface area contributed by atoms with E-state index in [0.717, 1.165) is 17.4 Å². The SMILES string of the molecule is CCCCn1c(N)c(N2CCOCC2)c(=O)n(CCOc2ccccc2F)c1=O. The Bertz CT molecular complexity index is 950. The first kappa shape index (κ1) is 20.9. The van der Waals surface area contributed by atoms with E-state index in [0.29, 0.717) is 38.5 Å². The van der Waals surface area contributed by atoms with E-state index in [-0.39, 0.29) is 24.7 Å². The number of unbranched alkanes of at least 4 members (excludes halogenated alkanes) is 1. The van der Waals surface area contributed by atoms with Gasteiger partial charge in [0, 0.05) is 19.6 Å². The van der Waals surface area contributed by atoms with Crippen molar-refractivity contribution in [3.63, 3.8) is 0 Å². The van der Waals surface area contributed by atoms with Crippen LogP contribution in [0.3, 0.4) is 0 Å². The molecular formula is C20H27FN4O4. The summed E-state index contributed by atoms with van der Waals surface area (Å²) < 4.78 is 27.1. The zero-order valence-electron chi connectivity index (χ0n) is 16.6. The maximum absolute atomic E-state index is 13.7. The van der Waals surface area contributed by atoms with Crippen LogP contribution in [0.25, 0.3) is 0 Å². The fourth-order valence-corrected chi connectivity index (χ4v) is 3.32. The van der Waals surface area contributed by atoms with Crippen LogP contribution in [0.2, 0.25) is 0 Å². The van der Waals surface area contributed by atoms with Gasteiger partial charge in [-0.3, -0.25) is 13.9 Å². The van der Waals surface area contributed by atoms with Gasteiger partial charge in [0.05, 0.1) is 19.8 Å². The summed E-state index contributed by atoms with van der Waals surface area (Å²) in [6.07, 6.45) is 1.64. The molecule has 3 rings (SSSR count). The Labute approximate surface area is 168 Å². The molecule has 1 aromatic carbocycles. The van der Waals surface area contributed by atoms with Crippen molar-refractivity contribution in [1.82, 2.24) is 9.13 Å². The molecule has 158 valence electrons. The fraction of sp³-hybridized carbons (Fsp3) is 0.500. The van der Waals surface area contributed by atoms with Crippen LogP contribution in [0.4, 0.5) is 15.9 Å². The van der Waals surface area contributed by atoms with Gasteiger partial charge < -0.3 is 20.1 Å². The van der Waals surface area contributed by atoms with Crippen molar-refractivity contribution in [2.75, 3.05) is 43.5 Å². The summed E-state index contributed by atoms with van der Waals surface area (Å²) in [6, 6.07) is 6.01. The number of nitrogen functional groups attached to an aromatic ring is 1. The lowest BCUT2D eigenvalue weighted by Gasteiger charge is -2.30. The number of para-hydroxylation sites is 1. The maximum atomic E-state index is 13.7. The molecule has 2 N–H and O–H groups in total. The molecule has 0 aliphatic carbocycles. The van der Waals surface area contributed by atoms with E-state index >= 15 is 0 Å². The number of ether oxygens (including phenoxy) is 2. The number of aromatic nitrogens is 2. The number of morpholine rings is 1. The minimum Gasteiger partial charge on any atom is -0.489 e. The summed E-state index contributed by atoms with van der Waals surface area (Å²) in [6.45, 7) is 4.45. The van der Waals surface area contributed by atoms with Crippen LogP contribution < -0.4 is 26.6 Å². The molecule has 8 nitrogen and oxygen atoms in total. The highest BCUT2D eigenvalue weighted by molar-refractivity contribution is 5.62. The second-order valence-corrected chi connectivity index (χ2v) is 6.86. The van der Waals surface area contributed by atoms with Gasteiger partial charge >= 0.3 is 5.69 Å². The topological polar surface area (TPSA) is 91.7 Å². The highest BCUT2D eigenvalue weighted by atomic mass is 19.1. The van der Waals surface area contributed by atoms with E-state index in [1.165, 1.54) is 16.7 Å². The number of rotatable bonds is 8. The van der Waals surface area contributed by atoms with Crippen molar-refractivity contribution in [2.45, 2.75) is 32.9 Å². The third kappa shape index (κ3) is 4.61. The standard InChI is InChI=1S/C20H27FN4O4/c1-2-3-8-24-18(22)17(23-9-12-28-13-10-23)19(26)25(20(24)27)11-14-29-16-7-5-4-6-15(16)21/h4-7H,2-3,8-14,22H2,1H3. The molecule has 0 spiro atoms. The summed E-state index contributed by atoms with van der Waals surface area (Å²) in [5.74, 6) is -0.233. The number of nitrogens with zero attached hydrogens (tertiary/aromatic N) is 3. The molecule has 1 aliphatic heterocycles. The second-order valence-electron chi connectivity index (χ2n) is 6.86. The van der Waals surface area contributed by atoms with Crippen LogP contribution in [0.15, 0.2) is 33.9 Å². The van der Waals surface area contributed by atoms with Crippen molar-refractivity contribution in [2.24, 2.45) is 0 Å². The summed E-state index contributed by atoms with van der Waals surface area (Å²) in [4.78, 5) is 27.9. The summed E-state index contributed by atoms with van der Waals surface area (Å²) in [5.41, 5.74) is 5.63. The van der Waals surface area contributed by atoms with Crippen LogP contribution in [0, 0.1) is 5.82 Å². The molecule has 29 heavy (non-hydrogen) atoms. The smallest absolute Gasteiger partial charge is 0.332 e. The van der Waals surface area contributed by atoms with Crippen LogP contribution in [0.1, 0.15) is 19.8 Å². The Kier molecular flexibility index (Phi) is 6.92. The normalized spacial score (nSPS) is 14.2. The first-order chi connectivity index (χ1) is 14.0. The molecule has 0 saturated carbocycles. The molecule has 0 amide bonds. The van der Waals surface area contributed by atoms with E-state index < -0.39 is 17.1 Å². The van der Waals surface area contributed by atoms with Gasteiger partial charge in [-0.05, 0) is 18.6 Å². The highest BCUT2D eigenvalue weighted by Crippen LogP contribution is 2.19. The molecule has 1 aliphatic rings. The third-order valence-electron chi connectivity index (χ3n) is 4.91. The molecule has 0 unspecified atom stereocenters. The lowest BCUT2D eigenvalue weighted by Crippen LogP contribution is -2.48. The fourth-order valence-electron chi connectivity index (χ4n) is 3.32. The lowest BCUT2D eigenvalue weighted by molar-refractivity contribution is 0.122. The quantitative estimate of drug-likeness (QED) is 0.713. The Morgan fingerprint density at radius 2 is 1.86 bits per heavy atom. The Morgan fingerprint density at radius 3 is 2.55 bits per heavy atom. The van der Waals surface area contributed by atoms with Crippen molar-refractivity contribution < 1.29 is 13.9 Å². The Hall–Kier alpha value is -2.81. The van der Waals surface area contributed by atoms with Gasteiger partial charge in [-0.25, -0.2) is 9.18 Å². The molecule has 9 heteroatoms. The second kappa shape index (κ2) is 9.60. The van der Waals surface area contributed by atoms with Crippen LogP contribution in [0.5, 0.6) is 5.75 Å². The molecule has 1 saturated heterocycles. The van der Waals surface area contributed by atoms with E-state index in [9.17, 15) is 14.0 Å². The van der Waals surface area contributed by atoms with Gasteiger partial charge in [0.15, 0.2) is 11.6 Å². The number of hydrogen-bond donors (Lipinski definition) is 1. The minimum atomic E-state index is -0.494. The van der Waals surface area contributed by atoms with Gasteiger partial charge in [0.25, 0.3) is 5.56 Å². The van der Waals surface area contributed by atoms with Crippen molar-refractivity contribution >= 4 is 11.5 Å². The summed E-state index contributed by atoms with van der Waals surface area (Å²) in [5, 5.41) is 0. The van der Waals surface area contributed by atoms with E-state index in [1.54, 1.807) is 12.1 Å². The van der Waals surface area contributed by atoms with E-state index in [4.69, 9.17) is 15.2 Å². The molecule has 2 heterocycles. The molecular weight excluding hydrogens is 379 g/mol. The molecule has 2 aromatic rings. The first-order valence-corrected chi connectivity index (χ1v) is 9.87. The van der Waals surface area contributed by atoms with E-state index in [2.05, 4.69) is 0 Å². The molecule has 0 atom stereocenters. The zero-order valence-corrected chi connectivity index (χ0v) is 16.6. The molecule has 0 radical (unpaired) electrons. The van der Waals surface area contributed by atoms with Crippen molar-refractivity contribution in [3.05, 3.63) is 50.9 Å². The van der Waals surface area contributed by atoms with Gasteiger partial charge in [-0.15, -0.1) is 0 Å². The number of halogens is 1. The Morgan fingerprint density at radius 1 is 1.14 bits per heavy atom. The number of benzene rings is 1. The van der Waals surface area contributed by atoms with Crippen LogP contribution >= 0.6 is 0 Å². The predicted octanol–water partition coefficient (Wildman–Crippen LogP) is 1.45. The van der Waals surface area contributed by atoms with Crippen LogP contribution in [-0.2, 0) is 17.8 Å². The molecule has 1 aromatic heterocycles. The van der Waals surface area contributed by atoms with Crippen LogP contribution in [-0.4, -0.2) is 42.0 Å². The molecule has 0 bridgehead atoms.